The number of rotatable bonds is 2. The van der Waals surface area contributed by atoms with Crippen LogP contribution in [0.1, 0.15) is 12.5 Å². The van der Waals surface area contributed by atoms with Gasteiger partial charge in [0.15, 0.2) is 0 Å². The fraction of sp³-hybridized carbons (Fsp3) is 0.308. The number of nitrogens with two attached hydrogens (primary N) is 1. The van der Waals surface area contributed by atoms with E-state index in [2.05, 4.69) is 0 Å². The van der Waals surface area contributed by atoms with Gasteiger partial charge in [-0.3, -0.25) is 4.79 Å². The summed E-state index contributed by atoms with van der Waals surface area (Å²) < 4.78 is 1.69. The molecule has 1 aromatic heterocycles. The Balaban J connectivity index is 2.69. The summed E-state index contributed by atoms with van der Waals surface area (Å²) in [6, 6.07) is 9.83. The van der Waals surface area contributed by atoms with E-state index < -0.39 is 0 Å². The molecule has 0 bridgehead atoms. The molecule has 0 aliphatic carbocycles. The molecular formula is C13H16N2O. The first-order valence-electron chi connectivity index (χ1n) is 5.43. The molecule has 1 atom stereocenters. The Kier molecular flexibility index (Phi) is 2.79. The zero-order valence-electron chi connectivity index (χ0n) is 9.60. The molecule has 3 nitrogen and oxygen atoms in total. The van der Waals surface area contributed by atoms with Crippen LogP contribution >= 0.6 is 0 Å². The minimum atomic E-state index is 0.00821. The number of fused-ring (bicyclic) bond motifs is 1. The van der Waals surface area contributed by atoms with E-state index in [9.17, 15) is 4.79 Å². The molecule has 2 N–H and O–H groups in total. The SMILES string of the molecule is CC(N)Cc1cc2ccccc2n(C)c1=O. The van der Waals surface area contributed by atoms with Crippen LogP contribution in [0.25, 0.3) is 10.9 Å². The van der Waals surface area contributed by atoms with Gasteiger partial charge >= 0.3 is 0 Å². The fourth-order valence-electron chi connectivity index (χ4n) is 1.98. The van der Waals surface area contributed by atoms with E-state index in [0.29, 0.717) is 6.42 Å². The van der Waals surface area contributed by atoms with Gasteiger partial charge < -0.3 is 10.3 Å². The summed E-state index contributed by atoms with van der Waals surface area (Å²) in [4.78, 5) is 12.0. The Morgan fingerprint density at radius 2 is 2.06 bits per heavy atom. The fourth-order valence-corrected chi connectivity index (χ4v) is 1.98. The van der Waals surface area contributed by atoms with Gasteiger partial charge in [-0.15, -0.1) is 0 Å². The smallest absolute Gasteiger partial charge is 0.254 e. The Morgan fingerprint density at radius 1 is 1.38 bits per heavy atom. The van der Waals surface area contributed by atoms with Gasteiger partial charge in [-0.2, -0.15) is 0 Å². The van der Waals surface area contributed by atoms with Crippen molar-refractivity contribution in [2.24, 2.45) is 12.8 Å². The van der Waals surface area contributed by atoms with Crippen LogP contribution in [0, 0.1) is 0 Å². The van der Waals surface area contributed by atoms with E-state index >= 15 is 0 Å². The molecule has 1 unspecified atom stereocenters. The summed E-state index contributed by atoms with van der Waals surface area (Å²) in [5.74, 6) is 0. The molecule has 0 saturated carbocycles. The molecule has 1 heterocycles. The normalized spacial score (nSPS) is 12.9. The Hall–Kier alpha value is -1.61. The maximum Gasteiger partial charge on any atom is 0.254 e. The Morgan fingerprint density at radius 3 is 2.75 bits per heavy atom. The first kappa shape index (κ1) is 10.9. The highest BCUT2D eigenvalue weighted by Gasteiger charge is 2.07. The molecule has 1 aromatic carbocycles. The van der Waals surface area contributed by atoms with Crippen molar-refractivity contribution in [2.75, 3.05) is 0 Å². The second-order valence-corrected chi connectivity index (χ2v) is 4.27. The summed E-state index contributed by atoms with van der Waals surface area (Å²) in [6.07, 6.45) is 0.623. The maximum atomic E-state index is 12.0. The molecule has 84 valence electrons. The number of hydrogen-bond acceptors (Lipinski definition) is 2. The minimum Gasteiger partial charge on any atom is -0.328 e. The third-order valence-electron chi connectivity index (χ3n) is 2.75. The van der Waals surface area contributed by atoms with E-state index in [1.54, 1.807) is 11.6 Å². The Bertz CT molecular complexity index is 570. The number of nitrogens with zero attached hydrogens (tertiary/aromatic N) is 1. The number of pyridine rings is 1. The average molecular weight is 216 g/mol. The average Bonchev–Trinajstić information content (AvgIpc) is 2.25. The summed E-state index contributed by atoms with van der Waals surface area (Å²) in [6.45, 7) is 1.91. The molecule has 2 rings (SSSR count). The Labute approximate surface area is 94.5 Å². The standard InChI is InChI=1S/C13H16N2O/c1-9(14)7-11-8-10-5-3-4-6-12(10)15(2)13(11)16/h3-6,8-9H,7,14H2,1-2H3. The van der Waals surface area contributed by atoms with Crippen molar-refractivity contribution in [1.82, 2.24) is 4.57 Å². The highest BCUT2D eigenvalue weighted by Crippen LogP contribution is 2.12. The number of para-hydroxylation sites is 1. The van der Waals surface area contributed by atoms with Crippen LogP contribution in [0.3, 0.4) is 0 Å². The van der Waals surface area contributed by atoms with Gasteiger partial charge in [-0.1, -0.05) is 18.2 Å². The van der Waals surface area contributed by atoms with Crippen molar-refractivity contribution in [1.29, 1.82) is 0 Å². The highest BCUT2D eigenvalue weighted by atomic mass is 16.1. The lowest BCUT2D eigenvalue weighted by atomic mass is 10.1. The molecule has 0 aliphatic rings. The lowest BCUT2D eigenvalue weighted by molar-refractivity contribution is 0.722. The van der Waals surface area contributed by atoms with Gasteiger partial charge in [0.05, 0.1) is 5.52 Å². The molecule has 0 radical (unpaired) electrons. The second-order valence-electron chi connectivity index (χ2n) is 4.27. The lowest BCUT2D eigenvalue weighted by Crippen LogP contribution is -2.27. The van der Waals surface area contributed by atoms with Crippen molar-refractivity contribution >= 4 is 10.9 Å². The molecule has 0 saturated heterocycles. The van der Waals surface area contributed by atoms with Crippen LogP contribution in [0.5, 0.6) is 0 Å². The minimum absolute atomic E-state index is 0.00821. The van der Waals surface area contributed by atoms with Crippen molar-refractivity contribution < 1.29 is 0 Å². The number of aromatic nitrogens is 1. The topological polar surface area (TPSA) is 48.0 Å². The van der Waals surface area contributed by atoms with Gasteiger partial charge in [-0.25, -0.2) is 0 Å². The van der Waals surface area contributed by atoms with Gasteiger partial charge in [0.2, 0.25) is 0 Å². The predicted molar refractivity (Wildman–Crippen MR) is 66.5 cm³/mol. The van der Waals surface area contributed by atoms with Gasteiger partial charge in [0.1, 0.15) is 0 Å². The molecule has 3 heteroatoms. The first-order valence-corrected chi connectivity index (χ1v) is 5.43. The van der Waals surface area contributed by atoms with Crippen molar-refractivity contribution in [3.63, 3.8) is 0 Å². The molecule has 0 fully saturated rings. The second kappa shape index (κ2) is 4.10. The highest BCUT2D eigenvalue weighted by molar-refractivity contribution is 5.79. The van der Waals surface area contributed by atoms with Crippen LogP contribution in [0.2, 0.25) is 0 Å². The number of benzene rings is 1. The van der Waals surface area contributed by atoms with Crippen LogP contribution in [-0.4, -0.2) is 10.6 Å². The molecule has 0 amide bonds. The van der Waals surface area contributed by atoms with Crippen molar-refractivity contribution in [2.45, 2.75) is 19.4 Å². The lowest BCUT2D eigenvalue weighted by Gasteiger charge is -2.10. The van der Waals surface area contributed by atoms with Crippen LogP contribution in [-0.2, 0) is 13.5 Å². The number of aryl methyl sites for hydroxylation is 1. The number of hydrogen-bond donors (Lipinski definition) is 1. The van der Waals surface area contributed by atoms with Gasteiger partial charge in [0, 0.05) is 18.7 Å². The monoisotopic (exact) mass is 216 g/mol. The third kappa shape index (κ3) is 1.86. The molecule has 0 aliphatic heterocycles. The van der Waals surface area contributed by atoms with Crippen molar-refractivity contribution in [3.8, 4) is 0 Å². The zero-order chi connectivity index (χ0) is 11.7. The molecule has 0 spiro atoms. The van der Waals surface area contributed by atoms with E-state index in [-0.39, 0.29) is 11.6 Å². The summed E-state index contributed by atoms with van der Waals surface area (Å²) in [5.41, 5.74) is 7.54. The summed E-state index contributed by atoms with van der Waals surface area (Å²) in [5, 5.41) is 1.08. The van der Waals surface area contributed by atoms with Gasteiger partial charge in [0.25, 0.3) is 5.56 Å². The third-order valence-corrected chi connectivity index (χ3v) is 2.75. The van der Waals surface area contributed by atoms with Crippen LogP contribution in [0.4, 0.5) is 0 Å². The largest absolute Gasteiger partial charge is 0.328 e. The molecular weight excluding hydrogens is 200 g/mol. The quantitative estimate of drug-likeness (QED) is 0.825. The van der Waals surface area contributed by atoms with Crippen LogP contribution in [0.15, 0.2) is 35.1 Å². The molecule has 16 heavy (non-hydrogen) atoms. The summed E-state index contributed by atoms with van der Waals surface area (Å²) >= 11 is 0. The van der Waals surface area contributed by atoms with Crippen molar-refractivity contribution in [3.05, 3.63) is 46.2 Å². The van der Waals surface area contributed by atoms with E-state index in [4.69, 9.17) is 5.73 Å². The van der Waals surface area contributed by atoms with Gasteiger partial charge in [-0.05, 0) is 30.9 Å². The maximum absolute atomic E-state index is 12.0. The summed E-state index contributed by atoms with van der Waals surface area (Å²) in [7, 11) is 1.80. The molecule has 2 aromatic rings. The zero-order valence-corrected chi connectivity index (χ0v) is 9.60. The predicted octanol–water partition coefficient (Wildman–Crippen LogP) is 1.43. The first-order chi connectivity index (χ1) is 7.59. The van der Waals surface area contributed by atoms with Crippen LogP contribution < -0.4 is 11.3 Å². The van der Waals surface area contributed by atoms with E-state index in [1.807, 2.05) is 37.3 Å². The van der Waals surface area contributed by atoms with E-state index in [0.717, 1.165) is 16.5 Å². The van der Waals surface area contributed by atoms with E-state index in [1.165, 1.54) is 0 Å².